The number of esters is 3. The van der Waals surface area contributed by atoms with Crippen molar-refractivity contribution in [2.75, 3.05) is 13.2 Å². The van der Waals surface area contributed by atoms with Gasteiger partial charge in [-0.3, -0.25) is 14.4 Å². The van der Waals surface area contributed by atoms with E-state index in [1.54, 1.807) is 0 Å². The average molecular weight is 988 g/mol. The van der Waals surface area contributed by atoms with Crippen LogP contribution in [0.5, 0.6) is 0 Å². The van der Waals surface area contributed by atoms with Gasteiger partial charge in [0.15, 0.2) is 6.10 Å². The monoisotopic (exact) mass is 987 g/mol. The van der Waals surface area contributed by atoms with Gasteiger partial charge in [0.2, 0.25) is 0 Å². The maximum atomic E-state index is 12.8. The number of unbranched alkanes of at least 4 members (excludes halogenated alkanes) is 26. The highest BCUT2D eigenvalue weighted by molar-refractivity contribution is 5.71. The summed E-state index contributed by atoms with van der Waals surface area (Å²) in [5.41, 5.74) is 0. The summed E-state index contributed by atoms with van der Waals surface area (Å²) in [5.74, 6) is -0.903. The SMILES string of the molecule is CC/C=C\C/C=C\C/C=C\C/C=C\C/C=C\C/C=C\CCCCCCCCCCCCCCC(=O)OCC(COC(=O)CCCCCCC/C=C\CCC)OC(=O)CCCCCCC/C=C\CCCCC. The molecule has 0 aromatic heterocycles. The molecule has 0 heterocycles. The van der Waals surface area contributed by atoms with Crippen LogP contribution in [0.3, 0.4) is 0 Å². The number of ether oxygens (including phenoxy) is 3. The van der Waals surface area contributed by atoms with Crippen molar-refractivity contribution >= 4 is 17.9 Å². The van der Waals surface area contributed by atoms with Crippen LogP contribution in [0, 0.1) is 0 Å². The summed E-state index contributed by atoms with van der Waals surface area (Å²) in [5, 5.41) is 0. The molecule has 0 spiro atoms. The third kappa shape index (κ3) is 57.1. The highest BCUT2D eigenvalue weighted by Crippen LogP contribution is 2.15. The molecule has 6 nitrogen and oxygen atoms in total. The van der Waals surface area contributed by atoms with Crippen molar-refractivity contribution in [3.8, 4) is 0 Å². The lowest BCUT2D eigenvalue weighted by Gasteiger charge is -2.18. The number of carbonyl (C=O) groups excluding carboxylic acids is 3. The summed E-state index contributed by atoms with van der Waals surface area (Å²) in [4.78, 5) is 38.0. The zero-order chi connectivity index (χ0) is 51.4. The molecule has 406 valence electrons. The van der Waals surface area contributed by atoms with Gasteiger partial charge in [0.25, 0.3) is 0 Å². The fourth-order valence-corrected chi connectivity index (χ4v) is 8.09. The maximum absolute atomic E-state index is 12.8. The number of carbonyl (C=O) groups is 3. The molecule has 6 heteroatoms. The van der Waals surface area contributed by atoms with E-state index in [9.17, 15) is 14.4 Å². The van der Waals surface area contributed by atoms with Crippen LogP contribution in [0.2, 0.25) is 0 Å². The second-order valence-electron chi connectivity index (χ2n) is 19.5. The standard InChI is InChI=1S/C65H110O6/c1-4-7-10-13-16-19-22-24-25-26-27-28-29-30-31-32-33-34-35-36-37-38-39-40-41-42-44-46-49-52-55-58-64(67)70-61-62(60-69-63(66)57-54-51-48-45-21-18-15-12-9-6-3)71-65(68)59-56-53-50-47-43-23-20-17-14-11-8-5-2/h7,10,12,15-17,19-20,24-25,27-28,30-31,33-34,62H,4-6,8-9,11,13-14,18,21-23,26,29,32,35-61H2,1-3H3/b10-7-,15-12-,19-16-,20-17-,25-24-,28-27-,31-30-,34-33-. The topological polar surface area (TPSA) is 78.9 Å². The van der Waals surface area contributed by atoms with E-state index in [0.717, 1.165) is 122 Å². The molecule has 1 unspecified atom stereocenters. The molecular weight excluding hydrogens is 877 g/mol. The Kier molecular flexibility index (Phi) is 55.9. The lowest BCUT2D eigenvalue weighted by molar-refractivity contribution is -0.167. The van der Waals surface area contributed by atoms with E-state index in [1.165, 1.54) is 116 Å². The third-order valence-corrected chi connectivity index (χ3v) is 12.5. The van der Waals surface area contributed by atoms with Crippen LogP contribution < -0.4 is 0 Å². The summed E-state index contributed by atoms with van der Waals surface area (Å²) in [7, 11) is 0. The molecule has 0 saturated carbocycles. The first-order valence-corrected chi connectivity index (χ1v) is 29.7. The lowest BCUT2D eigenvalue weighted by Crippen LogP contribution is -2.30. The Morgan fingerprint density at radius 1 is 0.296 bits per heavy atom. The third-order valence-electron chi connectivity index (χ3n) is 12.5. The summed E-state index contributed by atoms with van der Waals surface area (Å²) in [6, 6.07) is 0. The molecule has 0 aliphatic rings. The molecule has 0 aliphatic heterocycles. The van der Waals surface area contributed by atoms with Crippen LogP contribution in [-0.4, -0.2) is 37.2 Å². The van der Waals surface area contributed by atoms with E-state index < -0.39 is 6.10 Å². The Hall–Kier alpha value is -3.67. The van der Waals surface area contributed by atoms with Crippen molar-refractivity contribution in [3.63, 3.8) is 0 Å². The molecule has 0 bridgehead atoms. The molecule has 0 aromatic carbocycles. The second kappa shape index (κ2) is 58.9. The van der Waals surface area contributed by atoms with Crippen LogP contribution in [0.15, 0.2) is 97.2 Å². The minimum absolute atomic E-state index is 0.0833. The fourth-order valence-electron chi connectivity index (χ4n) is 8.09. The maximum Gasteiger partial charge on any atom is 0.306 e. The van der Waals surface area contributed by atoms with Crippen LogP contribution in [0.4, 0.5) is 0 Å². The molecular formula is C65H110O6. The summed E-state index contributed by atoms with van der Waals surface area (Å²) in [6.45, 7) is 6.43. The first-order valence-electron chi connectivity index (χ1n) is 29.7. The van der Waals surface area contributed by atoms with Gasteiger partial charge in [-0.05, 0) is 116 Å². The van der Waals surface area contributed by atoms with Crippen molar-refractivity contribution in [3.05, 3.63) is 97.2 Å². The Labute approximate surface area is 438 Å². The highest BCUT2D eigenvalue weighted by atomic mass is 16.6. The van der Waals surface area contributed by atoms with E-state index in [-0.39, 0.29) is 31.1 Å². The first kappa shape index (κ1) is 67.3. The van der Waals surface area contributed by atoms with Crippen molar-refractivity contribution < 1.29 is 28.6 Å². The average Bonchev–Trinajstić information content (AvgIpc) is 3.37. The van der Waals surface area contributed by atoms with E-state index >= 15 is 0 Å². The number of rotatable bonds is 53. The van der Waals surface area contributed by atoms with Crippen molar-refractivity contribution in [1.82, 2.24) is 0 Å². The summed E-state index contributed by atoms with van der Waals surface area (Å²) >= 11 is 0. The fraction of sp³-hybridized carbons (Fsp3) is 0.708. The Morgan fingerprint density at radius 2 is 0.577 bits per heavy atom. The number of allylic oxidation sites excluding steroid dienone is 16. The predicted octanol–water partition coefficient (Wildman–Crippen LogP) is 20.1. The number of hydrogen-bond acceptors (Lipinski definition) is 6. The van der Waals surface area contributed by atoms with Gasteiger partial charge in [-0.1, -0.05) is 240 Å². The van der Waals surface area contributed by atoms with Gasteiger partial charge in [-0.25, -0.2) is 0 Å². The largest absolute Gasteiger partial charge is 0.462 e. The van der Waals surface area contributed by atoms with Gasteiger partial charge in [0.1, 0.15) is 13.2 Å². The van der Waals surface area contributed by atoms with Gasteiger partial charge in [-0.2, -0.15) is 0 Å². The predicted molar refractivity (Wildman–Crippen MR) is 307 cm³/mol. The smallest absolute Gasteiger partial charge is 0.306 e. The van der Waals surface area contributed by atoms with Gasteiger partial charge in [-0.15, -0.1) is 0 Å². The van der Waals surface area contributed by atoms with Gasteiger partial charge in [0.05, 0.1) is 0 Å². The van der Waals surface area contributed by atoms with Crippen LogP contribution >= 0.6 is 0 Å². The first-order chi connectivity index (χ1) is 35.0. The van der Waals surface area contributed by atoms with E-state index in [2.05, 4.69) is 118 Å². The van der Waals surface area contributed by atoms with Crippen molar-refractivity contribution in [2.45, 2.75) is 284 Å². The van der Waals surface area contributed by atoms with E-state index in [0.29, 0.717) is 19.3 Å². The molecule has 0 rings (SSSR count). The minimum Gasteiger partial charge on any atom is -0.462 e. The van der Waals surface area contributed by atoms with E-state index in [1.807, 2.05) is 0 Å². The van der Waals surface area contributed by atoms with Crippen molar-refractivity contribution in [1.29, 1.82) is 0 Å². The zero-order valence-electron chi connectivity index (χ0n) is 46.5. The Bertz CT molecular complexity index is 1410. The highest BCUT2D eigenvalue weighted by Gasteiger charge is 2.19. The summed E-state index contributed by atoms with van der Waals surface area (Å²) in [6.07, 6.45) is 78.5. The lowest BCUT2D eigenvalue weighted by atomic mass is 10.0. The molecule has 0 radical (unpaired) electrons. The van der Waals surface area contributed by atoms with Crippen LogP contribution in [0.25, 0.3) is 0 Å². The molecule has 1 atom stereocenters. The molecule has 71 heavy (non-hydrogen) atoms. The Morgan fingerprint density at radius 3 is 0.930 bits per heavy atom. The van der Waals surface area contributed by atoms with Gasteiger partial charge < -0.3 is 14.2 Å². The second-order valence-corrected chi connectivity index (χ2v) is 19.5. The molecule has 0 aromatic rings. The Balaban J connectivity index is 4.14. The molecule has 0 amide bonds. The quantitative estimate of drug-likeness (QED) is 0.0261. The van der Waals surface area contributed by atoms with Gasteiger partial charge in [0, 0.05) is 19.3 Å². The summed E-state index contributed by atoms with van der Waals surface area (Å²) < 4.78 is 16.8. The van der Waals surface area contributed by atoms with Gasteiger partial charge >= 0.3 is 17.9 Å². The molecule has 0 aliphatic carbocycles. The normalized spacial score (nSPS) is 12.8. The van der Waals surface area contributed by atoms with E-state index in [4.69, 9.17) is 14.2 Å². The zero-order valence-corrected chi connectivity index (χ0v) is 46.5. The molecule has 0 fully saturated rings. The number of hydrogen-bond donors (Lipinski definition) is 0. The van der Waals surface area contributed by atoms with Crippen molar-refractivity contribution in [2.24, 2.45) is 0 Å². The molecule has 0 saturated heterocycles. The van der Waals surface area contributed by atoms with Crippen LogP contribution in [0.1, 0.15) is 278 Å². The minimum atomic E-state index is -0.784. The van der Waals surface area contributed by atoms with Crippen LogP contribution in [-0.2, 0) is 28.6 Å². The molecule has 0 N–H and O–H groups in total.